The molecule has 0 bridgehead atoms. The highest BCUT2D eigenvalue weighted by molar-refractivity contribution is 6.67. The maximum Gasteiger partial charge on any atom is 0.338 e. The lowest BCUT2D eigenvalue weighted by molar-refractivity contribution is -0.00374. The minimum Gasteiger partial charge on any atom is -0.398 e. The standard InChI is InChI=1S/C20H41NO3Si/c1-5-6-16-25(22-4)17-10-14-21(13-9-15-23-18(2)3)19-11-7-8-12-20(19)24-25/h18-20H,5-17H2,1-4H3. The van der Waals surface area contributed by atoms with Crippen molar-refractivity contribution < 1.29 is 13.6 Å². The van der Waals surface area contributed by atoms with Crippen molar-refractivity contribution in [2.24, 2.45) is 0 Å². The average Bonchev–Trinajstić information content (AvgIpc) is 2.60. The van der Waals surface area contributed by atoms with Gasteiger partial charge in [0, 0.05) is 26.3 Å². The number of unbranched alkanes of at least 4 members (excludes halogenated alkanes) is 1. The Bertz CT molecular complexity index is 369. The first-order valence-corrected chi connectivity index (χ1v) is 12.9. The van der Waals surface area contributed by atoms with Crippen LogP contribution in [0, 0.1) is 0 Å². The third-order valence-electron chi connectivity index (χ3n) is 5.83. The lowest BCUT2D eigenvalue weighted by atomic mass is 9.91. The number of nitrogens with zero attached hydrogens (tertiary/aromatic N) is 1. The van der Waals surface area contributed by atoms with Gasteiger partial charge in [0.25, 0.3) is 0 Å². The molecule has 2 rings (SSSR count). The molecule has 1 aliphatic carbocycles. The summed E-state index contributed by atoms with van der Waals surface area (Å²) >= 11 is 0. The van der Waals surface area contributed by atoms with Crippen LogP contribution in [-0.2, 0) is 13.6 Å². The molecule has 1 saturated heterocycles. The van der Waals surface area contributed by atoms with E-state index in [9.17, 15) is 0 Å². The Hall–Kier alpha value is 0.0569. The molecule has 1 heterocycles. The summed E-state index contributed by atoms with van der Waals surface area (Å²) in [5.41, 5.74) is 0. The minimum absolute atomic E-state index is 0.338. The second-order valence-corrected chi connectivity index (χ2v) is 11.6. The zero-order valence-corrected chi connectivity index (χ0v) is 18.1. The second kappa shape index (κ2) is 11.0. The molecule has 0 radical (unpaired) electrons. The molecule has 1 aliphatic heterocycles. The number of fused-ring (bicyclic) bond motifs is 1. The topological polar surface area (TPSA) is 30.9 Å². The van der Waals surface area contributed by atoms with E-state index in [4.69, 9.17) is 13.6 Å². The highest BCUT2D eigenvalue weighted by atomic mass is 28.4. The van der Waals surface area contributed by atoms with Crippen LogP contribution in [-0.4, -0.2) is 58.5 Å². The molecule has 148 valence electrons. The summed E-state index contributed by atoms with van der Waals surface area (Å²) in [6.45, 7) is 9.73. The van der Waals surface area contributed by atoms with E-state index >= 15 is 0 Å². The maximum absolute atomic E-state index is 6.85. The van der Waals surface area contributed by atoms with Gasteiger partial charge in [0.1, 0.15) is 0 Å². The molecule has 3 unspecified atom stereocenters. The van der Waals surface area contributed by atoms with Crippen molar-refractivity contribution in [2.75, 3.05) is 26.8 Å². The van der Waals surface area contributed by atoms with Gasteiger partial charge in [-0.25, -0.2) is 0 Å². The third-order valence-corrected chi connectivity index (χ3v) is 9.54. The van der Waals surface area contributed by atoms with Gasteiger partial charge in [-0.05, 0) is 58.2 Å². The minimum atomic E-state index is -2.00. The normalized spacial score (nSPS) is 31.6. The summed E-state index contributed by atoms with van der Waals surface area (Å²) in [5.74, 6) is 0. The summed E-state index contributed by atoms with van der Waals surface area (Å²) in [5, 5.41) is 0. The zero-order chi connectivity index (χ0) is 18.1. The summed E-state index contributed by atoms with van der Waals surface area (Å²) in [4.78, 5) is 2.71. The van der Waals surface area contributed by atoms with Crippen molar-refractivity contribution in [3.63, 3.8) is 0 Å². The molecule has 0 amide bonds. The molecule has 3 atom stereocenters. The fourth-order valence-electron chi connectivity index (χ4n) is 4.43. The van der Waals surface area contributed by atoms with E-state index in [1.165, 1.54) is 57.5 Å². The Morgan fingerprint density at radius 2 is 1.96 bits per heavy atom. The summed E-state index contributed by atoms with van der Waals surface area (Å²) < 4.78 is 18.7. The Labute approximate surface area is 156 Å². The van der Waals surface area contributed by atoms with Crippen LogP contribution in [0.15, 0.2) is 0 Å². The highest BCUT2D eigenvalue weighted by Gasteiger charge is 2.43. The Morgan fingerprint density at radius 1 is 1.16 bits per heavy atom. The van der Waals surface area contributed by atoms with E-state index in [1.807, 2.05) is 7.11 Å². The fraction of sp³-hybridized carbons (Fsp3) is 1.00. The molecular weight excluding hydrogens is 330 g/mol. The van der Waals surface area contributed by atoms with Crippen molar-refractivity contribution in [3.05, 3.63) is 0 Å². The van der Waals surface area contributed by atoms with Crippen molar-refractivity contribution in [3.8, 4) is 0 Å². The molecule has 0 spiro atoms. The van der Waals surface area contributed by atoms with Crippen LogP contribution in [0.4, 0.5) is 0 Å². The molecule has 2 fully saturated rings. The third kappa shape index (κ3) is 6.62. The van der Waals surface area contributed by atoms with Gasteiger partial charge < -0.3 is 13.6 Å². The molecular formula is C20H41NO3Si. The monoisotopic (exact) mass is 371 g/mol. The SMILES string of the molecule is CCCC[Si]1(OC)CCCN(CCCOC(C)C)C2CCCCC2O1. The first-order chi connectivity index (χ1) is 12.1. The van der Waals surface area contributed by atoms with Gasteiger partial charge in [0.15, 0.2) is 0 Å². The van der Waals surface area contributed by atoms with Crippen LogP contribution in [0.5, 0.6) is 0 Å². The molecule has 0 aromatic carbocycles. The first-order valence-electron chi connectivity index (χ1n) is 10.7. The van der Waals surface area contributed by atoms with Crippen molar-refractivity contribution in [1.29, 1.82) is 0 Å². The van der Waals surface area contributed by atoms with Gasteiger partial charge in [-0.3, -0.25) is 4.90 Å². The second-order valence-electron chi connectivity index (χ2n) is 8.14. The average molecular weight is 372 g/mol. The van der Waals surface area contributed by atoms with Gasteiger partial charge in [-0.2, -0.15) is 0 Å². The van der Waals surface area contributed by atoms with Gasteiger partial charge in [0.2, 0.25) is 0 Å². The Balaban J connectivity index is 1.97. The number of hydrogen-bond donors (Lipinski definition) is 0. The van der Waals surface area contributed by atoms with E-state index in [-0.39, 0.29) is 0 Å². The molecule has 0 aromatic rings. The van der Waals surface area contributed by atoms with Crippen LogP contribution in [0.25, 0.3) is 0 Å². The largest absolute Gasteiger partial charge is 0.398 e. The summed E-state index contributed by atoms with van der Waals surface area (Å²) in [7, 11) is -0.0973. The smallest absolute Gasteiger partial charge is 0.338 e. The first kappa shape index (κ1) is 21.4. The molecule has 25 heavy (non-hydrogen) atoms. The lowest BCUT2D eigenvalue weighted by Crippen LogP contribution is -2.56. The quantitative estimate of drug-likeness (QED) is 0.433. The predicted molar refractivity (Wildman–Crippen MR) is 106 cm³/mol. The molecule has 2 aliphatic rings. The Kier molecular flexibility index (Phi) is 9.42. The van der Waals surface area contributed by atoms with Crippen molar-refractivity contribution >= 4 is 8.56 Å². The van der Waals surface area contributed by atoms with Crippen LogP contribution in [0.1, 0.15) is 72.1 Å². The highest BCUT2D eigenvalue weighted by Crippen LogP contribution is 2.34. The van der Waals surface area contributed by atoms with E-state index in [0.717, 1.165) is 25.6 Å². The van der Waals surface area contributed by atoms with Crippen molar-refractivity contribution in [1.82, 2.24) is 4.90 Å². The van der Waals surface area contributed by atoms with Crippen LogP contribution < -0.4 is 0 Å². The van der Waals surface area contributed by atoms with Gasteiger partial charge in [-0.1, -0.05) is 32.6 Å². The zero-order valence-electron chi connectivity index (χ0n) is 17.1. The summed E-state index contributed by atoms with van der Waals surface area (Å²) in [6.07, 6.45) is 10.7. The molecule has 0 aromatic heterocycles. The number of hydrogen-bond acceptors (Lipinski definition) is 4. The van der Waals surface area contributed by atoms with Crippen LogP contribution in [0.3, 0.4) is 0 Å². The fourth-order valence-corrected chi connectivity index (χ4v) is 7.84. The predicted octanol–water partition coefficient (Wildman–Crippen LogP) is 4.72. The summed E-state index contributed by atoms with van der Waals surface area (Å²) in [6, 6.07) is 2.92. The molecule has 5 heteroatoms. The van der Waals surface area contributed by atoms with Gasteiger partial charge in [0.05, 0.1) is 12.2 Å². The lowest BCUT2D eigenvalue weighted by Gasteiger charge is -2.46. The van der Waals surface area contributed by atoms with E-state index < -0.39 is 8.56 Å². The van der Waals surface area contributed by atoms with Crippen molar-refractivity contribution in [2.45, 2.75) is 102 Å². The van der Waals surface area contributed by atoms with Crippen LogP contribution >= 0.6 is 0 Å². The molecule has 1 saturated carbocycles. The van der Waals surface area contributed by atoms with Crippen LogP contribution in [0.2, 0.25) is 12.1 Å². The molecule has 4 nitrogen and oxygen atoms in total. The van der Waals surface area contributed by atoms with E-state index in [2.05, 4.69) is 25.7 Å². The van der Waals surface area contributed by atoms with E-state index in [1.54, 1.807) is 0 Å². The Morgan fingerprint density at radius 3 is 2.68 bits per heavy atom. The number of ether oxygens (including phenoxy) is 1. The van der Waals surface area contributed by atoms with E-state index in [0.29, 0.717) is 18.2 Å². The van der Waals surface area contributed by atoms with Gasteiger partial charge in [-0.15, -0.1) is 0 Å². The van der Waals surface area contributed by atoms with Gasteiger partial charge >= 0.3 is 8.56 Å². The number of rotatable bonds is 9. The molecule has 0 N–H and O–H groups in total. The maximum atomic E-state index is 6.85.